The highest BCUT2D eigenvalue weighted by Gasteiger charge is 2.56. The van der Waals surface area contributed by atoms with Gasteiger partial charge in [-0.25, -0.2) is 0 Å². The van der Waals surface area contributed by atoms with E-state index in [1.807, 2.05) is 18.2 Å². The lowest BCUT2D eigenvalue weighted by Crippen LogP contribution is -2.61. The molecule has 1 saturated heterocycles. The van der Waals surface area contributed by atoms with Gasteiger partial charge in [0.05, 0.1) is 11.5 Å². The van der Waals surface area contributed by atoms with E-state index in [2.05, 4.69) is 22.6 Å². The first-order chi connectivity index (χ1) is 18.8. The molecule has 1 saturated carbocycles. The number of ketones is 1. The second-order valence-corrected chi connectivity index (χ2v) is 11.0. The number of likely N-dealkylation sites (N-methyl/N-ethyl adjacent to an activating group) is 1. The van der Waals surface area contributed by atoms with Crippen LogP contribution in [0, 0.1) is 11.3 Å². The van der Waals surface area contributed by atoms with Crippen LogP contribution in [0.2, 0.25) is 0 Å². The number of imide groups is 1. The molecule has 39 heavy (non-hydrogen) atoms. The molecule has 2 fully saturated rings. The van der Waals surface area contributed by atoms with E-state index in [4.69, 9.17) is 5.41 Å². The molecular weight excluding hydrogens is 496 g/mol. The standard InChI is InChI=1S/C30H34N4O5/c1-34-13-11-30-15-21(36)7-9-24(30)25(34)14-20-6-8-22(27(37)26(20)30)28(38)32-12-10-18-2-4-19(5-3-18)23(16-31)29(39)33-17-35/h2-6,8,16-17,23-25,31,37H,7,9-15H2,1H3,(H,32,38)(H,33,35,39). The van der Waals surface area contributed by atoms with Gasteiger partial charge in [0.25, 0.3) is 5.91 Å². The van der Waals surface area contributed by atoms with E-state index in [1.165, 1.54) is 0 Å². The summed E-state index contributed by atoms with van der Waals surface area (Å²) in [7, 11) is 2.14. The molecule has 9 nitrogen and oxygen atoms in total. The van der Waals surface area contributed by atoms with E-state index in [0.717, 1.165) is 48.7 Å². The number of hydrogen-bond donors (Lipinski definition) is 4. The Bertz CT molecular complexity index is 1320. The Balaban J connectivity index is 1.29. The summed E-state index contributed by atoms with van der Waals surface area (Å²) in [4.78, 5) is 50.7. The van der Waals surface area contributed by atoms with Gasteiger partial charge >= 0.3 is 0 Å². The molecule has 2 aliphatic carbocycles. The fourth-order valence-corrected chi connectivity index (χ4v) is 7.09. The third-order valence-electron chi connectivity index (χ3n) is 9.02. The van der Waals surface area contributed by atoms with Crippen LogP contribution in [-0.4, -0.2) is 66.4 Å². The normalized spacial score (nSPS) is 24.6. The van der Waals surface area contributed by atoms with Gasteiger partial charge < -0.3 is 20.7 Å². The molecule has 9 heteroatoms. The first-order valence-corrected chi connectivity index (χ1v) is 13.5. The third kappa shape index (κ3) is 4.76. The number of phenols is 1. The molecule has 0 spiro atoms. The zero-order valence-corrected chi connectivity index (χ0v) is 22.0. The number of benzene rings is 2. The Hall–Kier alpha value is -3.85. The van der Waals surface area contributed by atoms with Crippen molar-refractivity contribution in [1.82, 2.24) is 15.5 Å². The number of fused-ring (bicyclic) bond motifs is 1. The van der Waals surface area contributed by atoms with Crippen LogP contribution in [0.25, 0.3) is 0 Å². The van der Waals surface area contributed by atoms with E-state index >= 15 is 0 Å². The number of hydrogen-bond acceptors (Lipinski definition) is 7. The van der Waals surface area contributed by atoms with Crippen LogP contribution >= 0.6 is 0 Å². The van der Waals surface area contributed by atoms with Crippen molar-refractivity contribution in [2.24, 2.45) is 5.92 Å². The number of aromatic hydroxyl groups is 1. The van der Waals surface area contributed by atoms with Crippen molar-refractivity contribution < 1.29 is 24.3 Å². The van der Waals surface area contributed by atoms with Crippen LogP contribution in [-0.2, 0) is 32.6 Å². The number of amides is 3. The second kappa shape index (κ2) is 10.7. The maximum atomic E-state index is 13.2. The number of nitrogens with one attached hydrogen (secondary N) is 3. The van der Waals surface area contributed by atoms with Crippen LogP contribution in [0.15, 0.2) is 36.4 Å². The second-order valence-electron chi connectivity index (χ2n) is 11.0. The number of nitrogens with zero attached hydrogens (tertiary/aromatic N) is 1. The van der Waals surface area contributed by atoms with Crippen molar-refractivity contribution in [3.63, 3.8) is 0 Å². The average Bonchev–Trinajstić information content (AvgIpc) is 2.92. The number of piperidine rings is 1. The number of likely N-dealkylation sites (tertiary alicyclic amines) is 1. The fraction of sp³-hybridized carbons (Fsp3) is 0.433. The Morgan fingerprint density at radius 2 is 2.00 bits per heavy atom. The first kappa shape index (κ1) is 26.7. The number of carbonyl (C=O) groups is 4. The smallest absolute Gasteiger partial charge is 0.255 e. The zero-order valence-electron chi connectivity index (χ0n) is 22.0. The SMILES string of the molecule is CN1CCC23CC(=O)CCC2C1Cc1ccc(C(=O)NCCc2ccc(C(C=N)C(=O)NC=O)cc2)c(O)c13. The summed E-state index contributed by atoms with van der Waals surface area (Å²) in [6, 6.07) is 11.1. The van der Waals surface area contributed by atoms with Crippen LogP contribution in [0.5, 0.6) is 5.75 Å². The maximum Gasteiger partial charge on any atom is 0.255 e. The van der Waals surface area contributed by atoms with Crippen LogP contribution in [0.3, 0.4) is 0 Å². The van der Waals surface area contributed by atoms with Crippen LogP contribution in [0.4, 0.5) is 0 Å². The van der Waals surface area contributed by atoms with Crippen LogP contribution in [0.1, 0.15) is 64.2 Å². The van der Waals surface area contributed by atoms with E-state index < -0.39 is 17.2 Å². The van der Waals surface area contributed by atoms with Crippen molar-refractivity contribution in [1.29, 1.82) is 5.41 Å². The molecular formula is C30H34N4O5. The molecule has 2 aromatic rings. The van der Waals surface area contributed by atoms with Gasteiger partial charge in [-0.3, -0.25) is 24.5 Å². The summed E-state index contributed by atoms with van der Waals surface area (Å²) in [5.41, 5.74) is 3.20. The van der Waals surface area contributed by atoms with Gasteiger partial charge in [-0.15, -0.1) is 0 Å². The largest absolute Gasteiger partial charge is 0.507 e. The Kier molecular flexibility index (Phi) is 7.36. The highest BCUT2D eigenvalue weighted by atomic mass is 16.3. The summed E-state index contributed by atoms with van der Waals surface area (Å²) in [6.45, 7) is 1.21. The van der Waals surface area contributed by atoms with Gasteiger partial charge in [-0.05, 0) is 68.0 Å². The molecule has 4 unspecified atom stereocenters. The highest BCUT2D eigenvalue weighted by molar-refractivity contribution is 6.02. The summed E-state index contributed by atoms with van der Waals surface area (Å²) in [5.74, 6) is -1.22. The van der Waals surface area contributed by atoms with Gasteiger partial charge in [-0.1, -0.05) is 30.3 Å². The quantitative estimate of drug-likeness (QED) is 0.305. The van der Waals surface area contributed by atoms with Crippen molar-refractivity contribution in [2.45, 2.75) is 55.9 Å². The fourth-order valence-electron chi connectivity index (χ4n) is 7.09. The van der Waals surface area contributed by atoms with E-state index in [9.17, 15) is 24.3 Å². The maximum absolute atomic E-state index is 13.2. The van der Waals surface area contributed by atoms with E-state index in [-0.39, 0.29) is 23.0 Å². The first-order valence-electron chi connectivity index (χ1n) is 13.5. The molecule has 204 valence electrons. The van der Waals surface area contributed by atoms with Crippen molar-refractivity contribution in [3.05, 3.63) is 64.2 Å². The molecule has 0 aromatic heterocycles. The monoisotopic (exact) mass is 530 g/mol. The van der Waals surface area contributed by atoms with Crippen molar-refractivity contribution in [2.75, 3.05) is 20.1 Å². The lowest BCUT2D eigenvalue weighted by atomic mass is 9.52. The van der Waals surface area contributed by atoms with Gasteiger partial charge in [-0.2, -0.15) is 0 Å². The minimum atomic E-state index is -0.852. The van der Waals surface area contributed by atoms with E-state index in [1.54, 1.807) is 18.2 Å². The Labute approximate surface area is 227 Å². The lowest BCUT2D eigenvalue weighted by Gasteiger charge is -2.58. The highest BCUT2D eigenvalue weighted by Crippen LogP contribution is 2.57. The number of rotatable bonds is 8. The molecule has 1 heterocycles. The van der Waals surface area contributed by atoms with Gasteiger partial charge in [0.15, 0.2) is 0 Å². The minimum absolute atomic E-state index is 0.0170. The van der Waals surface area contributed by atoms with Gasteiger partial charge in [0, 0.05) is 42.6 Å². The zero-order chi connectivity index (χ0) is 27.7. The number of carbonyl (C=O) groups excluding carboxylic acids is 4. The topological polar surface area (TPSA) is 140 Å². The molecule has 3 amide bonds. The summed E-state index contributed by atoms with van der Waals surface area (Å²) in [5, 5.41) is 23.9. The summed E-state index contributed by atoms with van der Waals surface area (Å²) in [6.07, 6.45) is 5.26. The molecule has 4 N–H and O–H groups in total. The number of phenolic OH excluding ortho intramolecular Hbond substituents is 1. The minimum Gasteiger partial charge on any atom is -0.507 e. The molecule has 3 aliphatic rings. The molecule has 2 bridgehead atoms. The summed E-state index contributed by atoms with van der Waals surface area (Å²) >= 11 is 0. The molecule has 2 aromatic carbocycles. The van der Waals surface area contributed by atoms with Crippen LogP contribution < -0.4 is 10.6 Å². The molecule has 1 aliphatic heterocycles. The van der Waals surface area contributed by atoms with Gasteiger partial charge in [0.1, 0.15) is 11.5 Å². The predicted octanol–water partition coefficient (Wildman–Crippen LogP) is 2.24. The Morgan fingerprint density at radius 1 is 1.23 bits per heavy atom. The average molecular weight is 531 g/mol. The third-order valence-corrected chi connectivity index (χ3v) is 9.02. The van der Waals surface area contributed by atoms with E-state index in [0.29, 0.717) is 49.7 Å². The van der Waals surface area contributed by atoms with Gasteiger partial charge in [0.2, 0.25) is 12.3 Å². The molecule has 0 radical (unpaired) electrons. The Morgan fingerprint density at radius 3 is 2.72 bits per heavy atom. The predicted molar refractivity (Wildman–Crippen MR) is 145 cm³/mol. The number of Topliss-reactive ketones (excluding diaryl/α,β-unsaturated/α-hetero) is 1. The molecule has 4 atom stereocenters. The lowest BCUT2D eigenvalue weighted by molar-refractivity contribution is -0.127. The molecule has 5 rings (SSSR count). The summed E-state index contributed by atoms with van der Waals surface area (Å²) < 4.78 is 0. The van der Waals surface area contributed by atoms with Crippen molar-refractivity contribution >= 4 is 30.2 Å². The van der Waals surface area contributed by atoms with Crippen molar-refractivity contribution in [3.8, 4) is 5.75 Å².